The van der Waals surface area contributed by atoms with Crippen LogP contribution in [-0.2, 0) is 10.0 Å². The Bertz CT molecular complexity index is 1750. The molecule has 0 aliphatic carbocycles. The fourth-order valence-corrected chi connectivity index (χ4v) is 7.31. The molecule has 45 heavy (non-hydrogen) atoms. The van der Waals surface area contributed by atoms with Gasteiger partial charge in [-0.05, 0) is 66.4 Å². The Balaban J connectivity index is 1.74. The molecule has 0 unspecified atom stereocenters. The van der Waals surface area contributed by atoms with E-state index < -0.39 is 21.7 Å². The molecule has 4 rings (SSSR count). The smallest absolute Gasteiger partial charge is 0.280 e. The van der Waals surface area contributed by atoms with E-state index in [0.717, 1.165) is 16.3 Å². The lowest BCUT2D eigenvalue weighted by Gasteiger charge is -2.25. The highest BCUT2D eigenvalue weighted by Gasteiger charge is 2.27. The van der Waals surface area contributed by atoms with Gasteiger partial charge in [-0.25, -0.2) is 17.8 Å². The van der Waals surface area contributed by atoms with Crippen LogP contribution in [0.15, 0.2) is 64.6 Å². The molecule has 0 saturated heterocycles. The lowest BCUT2D eigenvalue weighted by molar-refractivity contribution is 0.0987. The molecule has 0 aliphatic heterocycles. The van der Waals surface area contributed by atoms with E-state index in [2.05, 4.69) is 10.1 Å². The summed E-state index contributed by atoms with van der Waals surface area (Å²) in [5.41, 5.74) is 1.21. The van der Waals surface area contributed by atoms with Crippen LogP contribution in [0.5, 0.6) is 17.2 Å². The molecule has 0 atom stereocenters. The molecule has 13 heteroatoms. The van der Waals surface area contributed by atoms with Crippen molar-refractivity contribution in [2.45, 2.75) is 32.6 Å². The predicted octanol–water partition coefficient (Wildman–Crippen LogP) is 6.44. The summed E-state index contributed by atoms with van der Waals surface area (Å²) < 4.78 is 59.2. The lowest BCUT2D eigenvalue weighted by atomic mass is 10.2. The van der Waals surface area contributed by atoms with Gasteiger partial charge in [-0.2, -0.15) is 14.4 Å². The number of rotatable bonds is 13. The number of sulfonamides is 1. The Morgan fingerprint density at radius 1 is 0.933 bits per heavy atom. The molecule has 4 aromatic rings. The summed E-state index contributed by atoms with van der Waals surface area (Å²) in [5.74, 6) is 0.464. The van der Waals surface area contributed by atoms with Crippen molar-refractivity contribution >= 4 is 48.8 Å². The summed E-state index contributed by atoms with van der Waals surface area (Å²) in [7, 11) is 0.678. The minimum Gasteiger partial charge on any atom is -0.493 e. The molecule has 0 spiro atoms. The number of thiazole rings is 1. The second-order valence-corrected chi connectivity index (χ2v) is 14.0. The van der Waals surface area contributed by atoms with Gasteiger partial charge in [-0.1, -0.05) is 39.0 Å². The van der Waals surface area contributed by atoms with E-state index in [1.807, 2.05) is 27.7 Å². The summed E-state index contributed by atoms with van der Waals surface area (Å²) in [4.78, 5) is 18.5. The molecular weight excluding hydrogens is 620 g/mol. The Morgan fingerprint density at radius 2 is 1.53 bits per heavy atom. The van der Waals surface area contributed by atoms with Crippen LogP contribution in [0.2, 0.25) is 0 Å². The maximum Gasteiger partial charge on any atom is 0.280 e. The minimum absolute atomic E-state index is 0.0864. The number of fused-ring (bicyclic) bond motifs is 1. The van der Waals surface area contributed by atoms with Gasteiger partial charge in [0.2, 0.25) is 20.9 Å². The van der Waals surface area contributed by atoms with Crippen LogP contribution in [0, 0.1) is 17.7 Å². The summed E-state index contributed by atoms with van der Waals surface area (Å²) in [6, 6.07) is 13.2. The zero-order chi connectivity index (χ0) is 32.9. The number of hydrazone groups is 1. The number of nitrogens with zero attached hydrogens (tertiary/aromatic N) is 4. The standard InChI is InChI=1S/C32H37FN4O6S2/c1-20(2)18-36(19-21(3)4)45(39,40)25-11-8-23(9-12-25)31(38)37(32-35-26-13-10-24(33)16-29(26)44-32)34-17-22-14-27(41-5)30(43-7)28(15-22)42-6/h8-17,20-21H,18-19H2,1-7H3/b34-17+. The molecule has 3 aromatic carbocycles. The van der Waals surface area contributed by atoms with Crippen molar-refractivity contribution in [3.05, 3.63) is 71.5 Å². The fourth-order valence-electron chi connectivity index (χ4n) is 4.59. The third-order valence-electron chi connectivity index (χ3n) is 6.60. The average Bonchev–Trinajstić information content (AvgIpc) is 3.42. The number of carbonyl (C=O) groups is 1. The Hall–Kier alpha value is -4.07. The van der Waals surface area contributed by atoms with Crippen molar-refractivity contribution in [3.8, 4) is 17.2 Å². The zero-order valence-corrected chi connectivity index (χ0v) is 27.9. The molecule has 1 aromatic heterocycles. The van der Waals surface area contributed by atoms with E-state index in [-0.39, 0.29) is 27.4 Å². The normalized spacial score (nSPS) is 12.1. The molecule has 0 radical (unpaired) electrons. The Labute approximate surface area is 267 Å². The van der Waals surface area contributed by atoms with E-state index in [1.165, 1.54) is 74.3 Å². The van der Waals surface area contributed by atoms with Crippen LogP contribution in [0.3, 0.4) is 0 Å². The number of amides is 1. The van der Waals surface area contributed by atoms with Crippen LogP contribution >= 0.6 is 11.3 Å². The summed E-state index contributed by atoms with van der Waals surface area (Å²) in [6.45, 7) is 8.62. The highest BCUT2D eigenvalue weighted by molar-refractivity contribution is 7.89. The molecule has 1 heterocycles. The molecule has 1 amide bonds. The van der Waals surface area contributed by atoms with Crippen LogP contribution < -0.4 is 19.2 Å². The lowest BCUT2D eigenvalue weighted by Crippen LogP contribution is -2.37. The van der Waals surface area contributed by atoms with E-state index in [4.69, 9.17) is 14.2 Å². The van der Waals surface area contributed by atoms with Gasteiger partial charge in [-0.15, -0.1) is 0 Å². The Kier molecular flexibility index (Phi) is 10.8. The molecule has 0 N–H and O–H groups in total. The Morgan fingerprint density at radius 3 is 2.07 bits per heavy atom. The van der Waals surface area contributed by atoms with Crippen LogP contribution in [0.25, 0.3) is 10.2 Å². The number of benzene rings is 3. The van der Waals surface area contributed by atoms with Crippen molar-refractivity contribution in [1.82, 2.24) is 9.29 Å². The van der Waals surface area contributed by atoms with Crippen molar-refractivity contribution < 1.29 is 31.8 Å². The topological polar surface area (TPSA) is 111 Å². The van der Waals surface area contributed by atoms with E-state index in [0.29, 0.717) is 46.1 Å². The van der Waals surface area contributed by atoms with Crippen LogP contribution in [-0.4, -0.2) is 64.2 Å². The van der Waals surface area contributed by atoms with E-state index in [1.54, 1.807) is 12.1 Å². The summed E-state index contributed by atoms with van der Waals surface area (Å²) >= 11 is 1.09. The number of hydrogen-bond acceptors (Lipinski definition) is 9. The first-order chi connectivity index (χ1) is 21.4. The van der Waals surface area contributed by atoms with Crippen molar-refractivity contribution in [2.24, 2.45) is 16.9 Å². The largest absolute Gasteiger partial charge is 0.493 e. The van der Waals surface area contributed by atoms with Gasteiger partial charge in [0.15, 0.2) is 11.5 Å². The fraction of sp³-hybridized carbons (Fsp3) is 0.344. The number of methoxy groups -OCH3 is 3. The second kappa shape index (κ2) is 14.4. The van der Waals surface area contributed by atoms with E-state index >= 15 is 0 Å². The predicted molar refractivity (Wildman–Crippen MR) is 175 cm³/mol. The van der Waals surface area contributed by atoms with Crippen molar-refractivity contribution in [3.63, 3.8) is 0 Å². The maximum atomic E-state index is 14.0. The van der Waals surface area contributed by atoms with Crippen molar-refractivity contribution in [2.75, 3.05) is 39.4 Å². The summed E-state index contributed by atoms with van der Waals surface area (Å²) in [6.07, 6.45) is 1.43. The monoisotopic (exact) mass is 656 g/mol. The first kappa shape index (κ1) is 33.8. The van der Waals surface area contributed by atoms with Gasteiger partial charge in [0, 0.05) is 24.2 Å². The molecule has 0 saturated carbocycles. The van der Waals surface area contributed by atoms with Gasteiger partial charge in [0.1, 0.15) is 5.82 Å². The SMILES string of the molecule is COc1cc(/C=N/N(C(=O)c2ccc(S(=O)(=O)N(CC(C)C)CC(C)C)cc2)c2nc3ccc(F)cc3s2)cc(OC)c1OC. The van der Waals surface area contributed by atoms with Gasteiger partial charge < -0.3 is 14.2 Å². The molecule has 0 fully saturated rings. The molecular formula is C32H37FN4O6S2. The second-order valence-electron chi connectivity index (χ2n) is 11.1. The van der Waals surface area contributed by atoms with Crippen molar-refractivity contribution in [1.29, 1.82) is 0 Å². The first-order valence-electron chi connectivity index (χ1n) is 14.2. The number of anilines is 1. The quantitative estimate of drug-likeness (QED) is 0.120. The number of halogens is 1. The van der Waals surface area contributed by atoms with Crippen LogP contribution in [0.1, 0.15) is 43.6 Å². The molecule has 0 aliphatic rings. The number of aromatic nitrogens is 1. The van der Waals surface area contributed by atoms with Gasteiger partial charge in [0.05, 0.1) is 42.7 Å². The molecule has 240 valence electrons. The number of carbonyl (C=O) groups excluding carboxylic acids is 1. The minimum atomic E-state index is -3.79. The van der Waals surface area contributed by atoms with Gasteiger partial charge in [0.25, 0.3) is 5.91 Å². The highest BCUT2D eigenvalue weighted by Crippen LogP contribution is 2.38. The van der Waals surface area contributed by atoms with Gasteiger partial charge in [-0.3, -0.25) is 4.79 Å². The maximum absolute atomic E-state index is 14.0. The zero-order valence-electron chi connectivity index (χ0n) is 26.3. The van der Waals surface area contributed by atoms with E-state index in [9.17, 15) is 17.6 Å². The highest BCUT2D eigenvalue weighted by atomic mass is 32.2. The molecule has 0 bridgehead atoms. The number of hydrogen-bond donors (Lipinski definition) is 0. The molecule has 10 nitrogen and oxygen atoms in total. The third kappa shape index (κ3) is 7.78. The van der Waals surface area contributed by atoms with Crippen LogP contribution in [0.4, 0.5) is 9.52 Å². The third-order valence-corrected chi connectivity index (χ3v) is 9.44. The number of ether oxygens (including phenoxy) is 3. The average molecular weight is 657 g/mol. The van der Waals surface area contributed by atoms with Gasteiger partial charge >= 0.3 is 0 Å². The summed E-state index contributed by atoms with van der Waals surface area (Å²) in [5, 5.41) is 5.76. The first-order valence-corrected chi connectivity index (χ1v) is 16.5.